The molecule has 0 spiro atoms. The van der Waals surface area contributed by atoms with E-state index in [1.165, 1.54) is 11.1 Å². The molecule has 140 valence electrons. The van der Waals surface area contributed by atoms with E-state index in [-0.39, 0.29) is 0 Å². The highest BCUT2D eigenvalue weighted by molar-refractivity contribution is 7.80. The van der Waals surface area contributed by atoms with Crippen LogP contribution in [0.2, 0.25) is 0 Å². The SMILES string of the molecule is Cc1cccc(NC(=S)Nc2ccc3nc(N4CCOCC4)sc3c2)c1C. The molecule has 0 saturated carbocycles. The van der Waals surface area contributed by atoms with Gasteiger partial charge in [-0.1, -0.05) is 23.5 Å². The Morgan fingerprint density at radius 3 is 2.78 bits per heavy atom. The Morgan fingerprint density at radius 1 is 1.15 bits per heavy atom. The Balaban J connectivity index is 1.48. The highest BCUT2D eigenvalue weighted by Gasteiger charge is 2.15. The van der Waals surface area contributed by atoms with E-state index in [0.29, 0.717) is 5.11 Å². The van der Waals surface area contributed by atoms with E-state index in [2.05, 4.69) is 41.5 Å². The van der Waals surface area contributed by atoms with Crippen molar-refractivity contribution in [3.8, 4) is 0 Å². The second-order valence-corrected chi connectivity index (χ2v) is 8.02. The summed E-state index contributed by atoms with van der Waals surface area (Å²) < 4.78 is 6.58. The number of nitrogens with one attached hydrogen (secondary N) is 2. The topological polar surface area (TPSA) is 49.4 Å². The number of hydrogen-bond acceptors (Lipinski definition) is 5. The Morgan fingerprint density at radius 2 is 1.96 bits per heavy atom. The average molecular weight is 399 g/mol. The van der Waals surface area contributed by atoms with Gasteiger partial charge in [0.2, 0.25) is 0 Å². The van der Waals surface area contributed by atoms with Crippen molar-refractivity contribution in [2.45, 2.75) is 13.8 Å². The number of fused-ring (bicyclic) bond motifs is 1. The van der Waals surface area contributed by atoms with Crippen molar-refractivity contribution < 1.29 is 4.74 Å². The molecule has 1 aliphatic rings. The van der Waals surface area contributed by atoms with Crippen molar-refractivity contribution >= 4 is 55.4 Å². The first-order valence-corrected chi connectivity index (χ1v) is 10.2. The monoisotopic (exact) mass is 398 g/mol. The van der Waals surface area contributed by atoms with Crippen LogP contribution >= 0.6 is 23.6 Å². The molecule has 0 aliphatic carbocycles. The predicted molar refractivity (Wildman–Crippen MR) is 118 cm³/mol. The third-order valence-electron chi connectivity index (χ3n) is 4.77. The van der Waals surface area contributed by atoms with Crippen molar-refractivity contribution in [1.82, 2.24) is 4.98 Å². The minimum atomic E-state index is 0.584. The minimum Gasteiger partial charge on any atom is -0.378 e. The summed E-state index contributed by atoms with van der Waals surface area (Å²) in [6.45, 7) is 7.52. The fraction of sp³-hybridized carbons (Fsp3) is 0.300. The van der Waals surface area contributed by atoms with E-state index in [9.17, 15) is 0 Å². The quantitative estimate of drug-likeness (QED) is 0.631. The van der Waals surface area contributed by atoms with E-state index in [0.717, 1.165) is 53.0 Å². The Labute approximate surface area is 168 Å². The van der Waals surface area contributed by atoms with E-state index in [1.54, 1.807) is 11.3 Å². The largest absolute Gasteiger partial charge is 0.378 e. The van der Waals surface area contributed by atoms with E-state index in [4.69, 9.17) is 21.9 Å². The predicted octanol–water partition coefficient (Wildman–Crippen LogP) is 4.56. The van der Waals surface area contributed by atoms with Crippen LogP contribution < -0.4 is 15.5 Å². The lowest BCUT2D eigenvalue weighted by atomic mass is 10.1. The molecular weight excluding hydrogens is 376 g/mol. The number of morpholine rings is 1. The summed E-state index contributed by atoms with van der Waals surface area (Å²) >= 11 is 7.20. The van der Waals surface area contributed by atoms with Gasteiger partial charge in [0.05, 0.1) is 23.4 Å². The molecule has 3 aromatic rings. The molecule has 0 amide bonds. The number of thiocarbonyl (C=S) groups is 1. The molecule has 0 atom stereocenters. The van der Waals surface area contributed by atoms with Crippen LogP contribution in [0.3, 0.4) is 0 Å². The first kappa shape index (κ1) is 18.2. The van der Waals surface area contributed by atoms with Gasteiger partial charge in [0.25, 0.3) is 0 Å². The van der Waals surface area contributed by atoms with Crippen LogP contribution in [0.4, 0.5) is 16.5 Å². The highest BCUT2D eigenvalue weighted by Crippen LogP contribution is 2.31. The van der Waals surface area contributed by atoms with Crippen molar-refractivity contribution in [3.63, 3.8) is 0 Å². The van der Waals surface area contributed by atoms with Gasteiger partial charge < -0.3 is 20.3 Å². The third-order valence-corrected chi connectivity index (χ3v) is 6.05. The molecule has 1 aromatic heterocycles. The van der Waals surface area contributed by atoms with Gasteiger partial charge in [-0.25, -0.2) is 4.98 Å². The Bertz CT molecular complexity index is 979. The van der Waals surface area contributed by atoms with Gasteiger partial charge in [-0.05, 0) is 61.5 Å². The molecule has 1 aliphatic heterocycles. The number of ether oxygens (including phenoxy) is 1. The molecular formula is C20H22N4OS2. The standard InChI is InChI=1S/C20H22N4OS2/c1-13-4-3-5-16(14(13)2)22-19(26)21-15-6-7-17-18(12-15)27-20(23-17)24-8-10-25-11-9-24/h3-7,12H,8-11H2,1-2H3,(H2,21,22,26). The summed E-state index contributed by atoms with van der Waals surface area (Å²) in [5.74, 6) is 0. The third kappa shape index (κ3) is 4.05. The molecule has 0 radical (unpaired) electrons. The first-order chi connectivity index (χ1) is 13.1. The normalized spacial score (nSPS) is 14.4. The van der Waals surface area contributed by atoms with Crippen molar-refractivity contribution in [1.29, 1.82) is 0 Å². The van der Waals surface area contributed by atoms with Crippen molar-refractivity contribution in [2.24, 2.45) is 0 Å². The number of anilines is 3. The van der Waals surface area contributed by atoms with Crippen LogP contribution in [0.15, 0.2) is 36.4 Å². The molecule has 27 heavy (non-hydrogen) atoms. The number of aryl methyl sites for hydroxylation is 1. The number of hydrogen-bond donors (Lipinski definition) is 2. The maximum Gasteiger partial charge on any atom is 0.186 e. The van der Waals surface area contributed by atoms with Crippen molar-refractivity contribution in [3.05, 3.63) is 47.5 Å². The van der Waals surface area contributed by atoms with Gasteiger partial charge in [-0.2, -0.15) is 0 Å². The molecule has 2 N–H and O–H groups in total. The molecule has 7 heteroatoms. The lowest BCUT2D eigenvalue weighted by Crippen LogP contribution is -2.36. The zero-order chi connectivity index (χ0) is 18.8. The highest BCUT2D eigenvalue weighted by atomic mass is 32.1. The summed E-state index contributed by atoms with van der Waals surface area (Å²) in [6.07, 6.45) is 0. The maximum absolute atomic E-state index is 5.49. The number of benzene rings is 2. The lowest BCUT2D eigenvalue weighted by Gasteiger charge is -2.25. The van der Waals surface area contributed by atoms with Gasteiger partial charge in [0.1, 0.15) is 0 Å². The maximum atomic E-state index is 5.49. The van der Waals surface area contributed by atoms with Crippen LogP contribution in [0, 0.1) is 13.8 Å². The molecule has 0 bridgehead atoms. The average Bonchev–Trinajstić information content (AvgIpc) is 3.09. The summed E-state index contributed by atoms with van der Waals surface area (Å²) in [6, 6.07) is 12.3. The van der Waals surface area contributed by atoms with E-state index >= 15 is 0 Å². The van der Waals surface area contributed by atoms with Crippen molar-refractivity contribution in [2.75, 3.05) is 41.8 Å². The molecule has 5 nitrogen and oxygen atoms in total. The minimum absolute atomic E-state index is 0.584. The zero-order valence-electron chi connectivity index (χ0n) is 15.4. The van der Waals surface area contributed by atoms with Gasteiger partial charge in [0.15, 0.2) is 10.2 Å². The number of thiazole rings is 1. The first-order valence-electron chi connectivity index (χ1n) is 8.98. The van der Waals surface area contributed by atoms with E-state index < -0.39 is 0 Å². The zero-order valence-corrected chi connectivity index (χ0v) is 17.0. The Hall–Kier alpha value is -2.22. The number of rotatable bonds is 3. The van der Waals surface area contributed by atoms with Crippen LogP contribution in [0.5, 0.6) is 0 Å². The summed E-state index contributed by atoms with van der Waals surface area (Å²) in [7, 11) is 0. The second kappa shape index (κ2) is 7.80. The molecule has 0 unspecified atom stereocenters. The molecule has 2 aromatic carbocycles. The van der Waals surface area contributed by atoms with Gasteiger partial charge in [0, 0.05) is 24.5 Å². The van der Waals surface area contributed by atoms with Gasteiger partial charge in [-0.3, -0.25) is 0 Å². The lowest BCUT2D eigenvalue weighted by molar-refractivity contribution is 0.122. The van der Waals surface area contributed by atoms with Gasteiger partial charge in [-0.15, -0.1) is 0 Å². The smallest absolute Gasteiger partial charge is 0.186 e. The summed E-state index contributed by atoms with van der Waals surface area (Å²) in [4.78, 5) is 7.04. The van der Waals surface area contributed by atoms with Crippen LogP contribution in [0.1, 0.15) is 11.1 Å². The second-order valence-electron chi connectivity index (χ2n) is 6.60. The molecule has 1 saturated heterocycles. The summed E-state index contributed by atoms with van der Waals surface area (Å²) in [5.41, 5.74) is 5.45. The summed E-state index contributed by atoms with van der Waals surface area (Å²) in [5, 5.41) is 8.22. The van der Waals surface area contributed by atoms with E-state index in [1.807, 2.05) is 24.3 Å². The fourth-order valence-electron chi connectivity index (χ4n) is 3.05. The molecule has 1 fully saturated rings. The Kier molecular flexibility index (Phi) is 5.24. The van der Waals surface area contributed by atoms with Gasteiger partial charge >= 0.3 is 0 Å². The van der Waals surface area contributed by atoms with Crippen LogP contribution in [-0.2, 0) is 4.74 Å². The number of aromatic nitrogens is 1. The molecule has 4 rings (SSSR count). The fourth-order valence-corrected chi connectivity index (χ4v) is 4.34. The van der Waals surface area contributed by atoms with Crippen LogP contribution in [0.25, 0.3) is 10.2 Å². The number of nitrogens with zero attached hydrogens (tertiary/aromatic N) is 2. The van der Waals surface area contributed by atoms with Crippen LogP contribution in [-0.4, -0.2) is 36.4 Å². The molecule has 2 heterocycles.